The first-order valence-electron chi connectivity index (χ1n) is 6.54. The van der Waals surface area contributed by atoms with Crippen molar-refractivity contribution in [2.45, 2.75) is 31.2 Å². The second-order valence-electron chi connectivity index (χ2n) is 4.82. The van der Waals surface area contributed by atoms with Gasteiger partial charge < -0.3 is 14.8 Å². The Morgan fingerprint density at radius 3 is 2.68 bits per heavy atom. The van der Waals surface area contributed by atoms with E-state index in [0.717, 1.165) is 16.7 Å². The normalized spacial score (nSPS) is 16.4. The summed E-state index contributed by atoms with van der Waals surface area (Å²) in [4.78, 5) is 0. The number of hydrogen-bond donors (Lipinski definition) is 2. The van der Waals surface area contributed by atoms with Crippen LogP contribution < -0.4 is 5.32 Å². The smallest absolute Gasteiger partial charge is 0.134 e. The van der Waals surface area contributed by atoms with E-state index in [1.807, 2.05) is 24.5 Å². The second kappa shape index (κ2) is 6.46. The standard InChI is InChI=1S/C15H21NO2S/c1-10(16-11(2)15(9-17)19-3)14-8-12-6-4-5-7-13(12)18-14/h4-8,10-11,15-17H,9H2,1-3H3. The Morgan fingerprint density at radius 2 is 2.05 bits per heavy atom. The minimum absolute atomic E-state index is 0.128. The lowest BCUT2D eigenvalue weighted by molar-refractivity contribution is 0.269. The highest BCUT2D eigenvalue weighted by atomic mass is 32.2. The van der Waals surface area contributed by atoms with Crippen LogP contribution in [-0.2, 0) is 0 Å². The van der Waals surface area contributed by atoms with Crippen LogP contribution in [0.2, 0.25) is 0 Å². The number of thioether (sulfide) groups is 1. The summed E-state index contributed by atoms with van der Waals surface area (Å²) in [6.45, 7) is 4.36. The third-order valence-electron chi connectivity index (χ3n) is 3.42. The third kappa shape index (κ3) is 3.32. The fourth-order valence-electron chi connectivity index (χ4n) is 2.24. The lowest BCUT2D eigenvalue weighted by atomic mass is 10.1. The molecule has 3 nitrogen and oxygen atoms in total. The van der Waals surface area contributed by atoms with Gasteiger partial charge in [0.2, 0.25) is 0 Å². The van der Waals surface area contributed by atoms with E-state index in [0.29, 0.717) is 0 Å². The number of benzene rings is 1. The minimum Gasteiger partial charge on any atom is -0.459 e. The fraction of sp³-hybridized carbons (Fsp3) is 0.467. The van der Waals surface area contributed by atoms with Crippen molar-refractivity contribution >= 4 is 22.7 Å². The van der Waals surface area contributed by atoms with Crippen LogP contribution in [0, 0.1) is 0 Å². The Kier molecular flexibility index (Phi) is 4.91. The van der Waals surface area contributed by atoms with E-state index in [2.05, 4.69) is 31.3 Å². The molecule has 2 aromatic rings. The number of aliphatic hydroxyl groups excluding tert-OH is 1. The Hall–Kier alpha value is -0.970. The van der Waals surface area contributed by atoms with Gasteiger partial charge >= 0.3 is 0 Å². The maximum Gasteiger partial charge on any atom is 0.134 e. The summed E-state index contributed by atoms with van der Waals surface area (Å²) >= 11 is 1.68. The monoisotopic (exact) mass is 279 g/mol. The Labute approximate surface area is 118 Å². The van der Waals surface area contributed by atoms with Gasteiger partial charge in [-0.05, 0) is 32.2 Å². The molecule has 0 aliphatic heterocycles. The first-order valence-corrected chi connectivity index (χ1v) is 7.82. The zero-order valence-corrected chi connectivity index (χ0v) is 12.4. The molecule has 0 saturated carbocycles. The SMILES string of the molecule is CSC(CO)C(C)NC(C)c1cc2ccccc2o1. The summed E-state index contributed by atoms with van der Waals surface area (Å²) < 4.78 is 5.85. The lowest BCUT2D eigenvalue weighted by Gasteiger charge is -2.24. The molecule has 4 heteroatoms. The molecule has 1 heterocycles. The molecule has 2 rings (SSSR count). The summed E-state index contributed by atoms with van der Waals surface area (Å²) in [5, 5.41) is 14.1. The molecule has 1 aromatic heterocycles. The number of rotatable bonds is 6. The molecule has 0 bridgehead atoms. The van der Waals surface area contributed by atoms with Crippen molar-refractivity contribution in [3.05, 3.63) is 36.1 Å². The van der Waals surface area contributed by atoms with Crippen LogP contribution in [0.3, 0.4) is 0 Å². The third-order valence-corrected chi connectivity index (χ3v) is 4.59. The molecule has 1 aromatic carbocycles. The molecular formula is C15H21NO2S. The van der Waals surface area contributed by atoms with Gasteiger partial charge in [0.05, 0.1) is 12.6 Å². The molecule has 0 aliphatic rings. The number of para-hydroxylation sites is 1. The maximum atomic E-state index is 9.31. The van der Waals surface area contributed by atoms with Crippen LogP contribution in [0.25, 0.3) is 11.0 Å². The van der Waals surface area contributed by atoms with Crippen molar-refractivity contribution in [3.8, 4) is 0 Å². The fourth-order valence-corrected chi connectivity index (χ4v) is 2.87. The summed E-state index contributed by atoms with van der Waals surface area (Å²) in [6.07, 6.45) is 2.02. The first-order chi connectivity index (χ1) is 9.15. The van der Waals surface area contributed by atoms with E-state index in [9.17, 15) is 5.11 Å². The molecule has 0 fully saturated rings. The predicted molar refractivity (Wildman–Crippen MR) is 81.6 cm³/mol. The number of furan rings is 1. The Morgan fingerprint density at radius 1 is 1.32 bits per heavy atom. The highest BCUT2D eigenvalue weighted by Crippen LogP contribution is 2.24. The lowest BCUT2D eigenvalue weighted by Crippen LogP contribution is -2.38. The van der Waals surface area contributed by atoms with Gasteiger partial charge in [-0.3, -0.25) is 0 Å². The molecule has 0 aliphatic carbocycles. The van der Waals surface area contributed by atoms with E-state index in [-0.39, 0.29) is 23.9 Å². The Balaban J connectivity index is 2.08. The quantitative estimate of drug-likeness (QED) is 0.852. The average Bonchev–Trinajstić information content (AvgIpc) is 2.84. The highest BCUT2D eigenvalue weighted by molar-refractivity contribution is 7.99. The molecule has 19 heavy (non-hydrogen) atoms. The van der Waals surface area contributed by atoms with E-state index < -0.39 is 0 Å². The van der Waals surface area contributed by atoms with Crippen LogP contribution >= 0.6 is 11.8 Å². The molecular weight excluding hydrogens is 258 g/mol. The maximum absolute atomic E-state index is 9.31. The summed E-state index contributed by atoms with van der Waals surface area (Å²) in [6, 6.07) is 10.5. The van der Waals surface area contributed by atoms with Crippen LogP contribution in [-0.4, -0.2) is 29.3 Å². The Bertz CT molecular complexity index is 489. The highest BCUT2D eigenvalue weighted by Gasteiger charge is 2.19. The summed E-state index contributed by atoms with van der Waals surface area (Å²) in [5.74, 6) is 0.936. The van der Waals surface area contributed by atoms with Crippen molar-refractivity contribution in [2.75, 3.05) is 12.9 Å². The topological polar surface area (TPSA) is 45.4 Å². The van der Waals surface area contributed by atoms with E-state index >= 15 is 0 Å². The largest absolute Gasteiger partial charge is 0.459 e. The molecule has 0 radical (unpaired) electrons. The molecule has 0 saturated heterocycles. The van der Waals surface area contributed by atoms with E-state index in [1.54, 1.807) is 11.8 Å². The average molecular weight is 279 g/mol. The van der Waals surface area contributed by atoms with Crippen LogP contribution in [0.15, 0.2) is 34.7 Å². The molecule has 3 atom stereocenters. The van der Waals surface area contributed by atoms with Crippen LogP contribution in [0.4, 0.5) is 0 Å². The molecule has 3 unspecified atom stereocenters. The van der Waals surface area contributed by atoms with Crippen LogP contribution in [0.5, 0.6) is 0 Å². The van der Waals surface area contributed by atoms with Crippen molar-refractivity contribution in [3.63, 3.8) is 0 Å². The van der Waals surface area contributed by atoms with Gasteiger partial charge in [0, 0.05) is 16.7 Å². The van der Waals surface area contributed by atoms with Gasteiger partial charge in [0.1, 0.15) is 11.3 Å². The van der Waals surface area contributed by atoms with Crippen LogP contribution in [0.1, 0.15) is 25.6 Å². The molecule has 0 amide bonds. The van der Waals surface area contributed by atoms with Crippen molar-refractivity contribution in [2.24, 2.45) is 0 Å². The van der Waals surface area contributed by atoms with E-state index in [1.165, 1.54) is 0 Å². The predicted octanol–water partition coefficient (Wildman–Crippen LogP) is 3.20. The number of aliphatic hydroxyl groups is 1. The van der Waals surface area contributed by atoms with Crippen molar-refractivity contribution in [1.82, 2.24) is 5.32 Å². The van der Waals surface area contributed by atoms with Gasteiger partial charge in [0.15, 0.2) is 0 Å². The summed E-state index contributed by atoms with van der Waals surface area (Å²) in [7, 11) is 0. The van der Waals surface area contributed by atoms with E-state index in [4.69, 9.17) is 4.42 Å². The van der Waals surface area contributed by atoms with Crippen molar-refractivity contribution in [1.29, 1.82) is 0 Å². The van der Waals surface area contributed by atoms with Gasteiger partial charge in [-0.2, -0.15) is 11.8 Å². The number of fused-ring (bicyclic) bond motifs is 1. The zero-order valence-electron chi connectivity index (χ0n) is 11.6. The first kappa shape index (κ1) is 14.4. The number of nitrogens with one attached hydrogen (secondary N) is 1. The summed E-state index contributed by atoms with van der Waals surface area (Å²) in [5.41, 5.74) is 0.919. The van der Waals surface area contributed by atoms with Crippen molar-refractivity contribution < 1.29 is 9.52 Å². The molecule has 104 valence electrons. The van der Waals surface area contributed by atoms with Gasteiger partial charge in [-0.25, -0.2) is 0 Å². The van der Waals surface area contributed by atoms with Gasteiger partial charge in [-0.15, -0.1) is 0 Å². The zero-order chi connectivity index (χ0) is 13.8. The molecule has 2 N–H and O–H groups in total. The van der Waals surface area contributed by atoms with Gasteiger partial charge in [0.25, 0.3) is 0 Å². The molecule has 0 spiro atoms. The minimum atomic E-state index is 0.128. The second-order valence-corrected chi connectivity index (χ2v) is 5.90. The van der Waals surface area contributed by atoms with Gasteiger partial charge in [-0.1, -0.05) is 18.2 Å². The number of hydrogen-bond acceptors (Lipinski definition) is 4.